The molecule has 2 aromatic carbocycles. The zero-order valence-electron chi connectivity index (χ0n) is 16.8. The third kappa shape index (κ3) is 6.04. The van der Waals surface area contributed by atoms with Gasteiger partial charge in [-0.2, -0.15) is 5.10 Å². The monoisotopic (exact) mass is 390 g/mol. The molecule has 0 atom stereocenters. The van der Waals surface area contributed by atoms with Crippen LogP contribution < -0.4 is 10.6 Å². The van der Waals surface area contributed by atoms with Crippen LogP contribution in [-0.4, -0.2) is 34.7 Å². The van der Waals surface area contributed by atoms with Crippen molar-refractivity contribution in [2.45, 2.75) is 26.8 Å². The standard InChI is InChI=1S/C23H26N4O2/c1-17-13-18(2)27(26-17)16-20-9-6-10-21(14-20)23(29)25-15-22(28)24-12-11-19-7-4-3-5-8-19/h3-10,13-14H,11-12,15-16H2,1-2H3,(H,24,28)(H,25,29). The van der Waals surface area contributed by atoms with E-state index in [4.69, 9.17) is 0 Å². The number of hydrogen-bond donors (Lipinski definition) is 2. The van der Waals surface area contributed by atoms with Crippen molar-refractivity contribution in [3.63, 3.8) is 0 Å². The molecule has 1 heterocycles. The van der Waals surface area contributed by atoms with Crippen molar-refractivity contribution in [1.29, 1.82) is 0 Å². The number of nitrogens with zero attached hydrogens (tertiary/aromatic N) is 2. The summed E-state index contributed by atoms with van der Waals surface area (Å²) in [5, 5.41) is 9.96. The molecule has 6 nitrogen and oxygen atoms in total. The van der Waals surface area contributed by atoms with E-state index in [9.17, 15) is 9.59 Å². The molecule has 0 aliphatic heterocycles. The molecule has 2 N–H and O–H groups in total. The minimum atomic E-state index is -0.265. The molecule has 0 fully saturated rings. The maximum Gasteiger partial charge on any atom is 0.251 e. The van der Waals surface area contributed by atoms with Gasteiger partial charge in [0, 0.05) is 17.8 Å². The van der Waals surface area contributed by atoms with Crippen LogP contribution in [0.2, 0.25) is 0 Å². The molecule has 0 radical (unpaired) electrons. The van der Waals surface area contributed by atoms with Crippen molar-refractivity contribution < 1.29 is 9.59 Å². The Kier molecular flexibility index (Phi) is 6.79. The first-order valence-electron chi connectivity index (χ1n) is 9.70. The third-order valence-electron chi connectivity index (χ3n) is 4.61. The Morgan fingerprint density at radius 3 is 2.41 bits per heavy atom. The molecular weight excluding hydrogens is 364 g/mol. The number of amides is 2. The molecule has 3 aromatic rings. The topological polar surface area (TPSA) is 76.0 Å². The summed E-state index contributed by atoms with van der Waals surface area (Å²) in [6, 6.07) is 19.4. The van der Waals surface area contributed by atoms with Gasteiger partial charge in [-0.05, 0) is 49.6 Å². The van der Waals surface area contributed by atoms with E-state index < -0.39 is 0 Å². The van der Waals surface area contributed by atoms with Gasteiger partial charge >= 0.3 is 0 Å². The molecule has 0 bridgehead atoms. The van der Waals surface area contributed by atoms with E-state index in [2.05, 4.69) is 15.7 Å². The number of hydrogen-bond acceptors (Lipinski definition) is 3. The van der Waals surface area contributed by atoms with Gasteiger partial charge < -0.3 is 10.6 Å². The minimum Gasteiger partial charge on any atom is -0.354 e. The second-order valence-corrected chi connectivity index (χ2v) is 7.05. The Morgan fingerprint density at radius 2 is 1.69 bits per heavy atom. The SMILES string of the molecule is Cc1cc(C)n(Cc2cccc(C(=O)NCC(=O)NCCc3ccccc3)c2)n1. The normalized spacial score (nSPS) is 10.6. The summed E-state index contributed by atoms with van der Waals surface area (Å²) in [6.07, 6.45) is 0.759. The third-order valence-corrected chi connectivity index (χ3v) is 4.61. The van der Waals surface area contributed by atoms with Crippen LogP contribution in [0.5, 0.6) is 0 Å². The fourth-order valence-corrected chi connectivity index (χ4v) is 3.13. The van der Waals surface area contributed by atoms with Gasteiger partial charge in [0.2, 0.25) is 5.91 Å². The molecule has 150 valence electrons. The lowest BCUT2D eigenvalue weighted by Gasteiger charge is -2.09. The van der Waals surface area contributed by atoms with Crippen LogP contribution >= 0.6 is 0 Å². The van der Waals surface area contributed by atoms with Gasteiger partial charge in [0.05, 0.1) is 18.8 Å². The predicted molar refractivity (Wildman–Crippen MR) is 113 cm³/mol. The van der Waals surface area contributed by atoms with Gasteiger partial charge in [-0.1, -0.05) is 42.5 Å². The van der Waals surface area contributed by atoms with Crippen LogP contribution in [-0.2, 0) is 17.8 Å². The van der Waals surface area contributed by atoms with Crippen molar-refractivity contribution in [3.8, 4) is 0 Å². The maximum atomic E-state index is 12.4. The summed E-state index contributed by atoms with van der Waals surface area (Å²) in [6.45, 7) is 5.05. The lowest BCUT2D eigenvalue weighted by atomic mass is 10.1. The van der Waals surface area contributed by atoms with E-state index in [1.807, 2.05) is 73.1 Å². The van der Waals surface area contributed by atoms with Crippen molar-refractivity contribution in [2.75, 3.05) is 13.1 Å². The number of aryl methyl sites for hydroxylation is 2. The van der Waals surface area contributed by atoms with Crippen LogP contribution in [0, 0.1) is 13.8 Å². The predicted octanol–water partition coefficient (Wildman–Crippen LogP) is 2.64. The molecule has 0 spiro atoms. The van der Waals surface area contributed by atoms with E-state index in [0.29, 0.717) is 18.7 Å². The van der Waals surface area contributed by atoms with Crippen molar-refractivity contribution in [2.24, 2.45) is 0 Å². The second-order valence-electron chi connectivity index (χ2n) is 7.05. The first kappa shape index (κ1) is 20.3. The van der Waals surface area contributed by atoms with E-state index in [-0.39, 0.29) is 18.4 Å². The molecule has 6 heteroatoms. The van der Waals surface area contributed by atoms with Gasteiger partial charge in [-0.15, -0.1) is 0 Å². The highest BCUT2D eigenvalue weighted by Crippen LogP contribution is 2.10. The zero-order valence-corrected chi connectivity index (χ0v) is 16.8. The molecule has 2 amide bonds. The highest BCUT2D eigenvalue weighted by molar-refractivity contribution is 5.96. The minimum absolute atomic E-state index is 0.0463. The molecule has 0 aliphatic carbocycles. The first-order valence-corrected chi connectivity index (χ1v) is 9.70. The van der Waals surface area contributed by atoms with Crippen LogP contribution in [0.3, 0.4) is 0 Å². The largest absolute Gasteiger partial charge is 0.354 e. The highest BCUT2D eigenvalue weighted by atomic mass is 16.2. The molecule has 0 saturated carbocycles. The molecule has 29 heavy (non-hydrogen) atoms. The summed E-state index contributed by atoms with van der Waals surface area (Å²) in [4.78, 5) is 24.4. The van der Waals surface area contributed by atoms with Crippen molar-refractivity contribution in [1.82, 2.24) is 20.4 Å². The van der Waals surface area contributed by atoms with Crippen molar-refractivity contribution >= 4 is 11.8 Å². The number of nitrogens with one attached hydrogen (secondary N) is 2. The average molecular weight is 390 g/mol. The van der Waals surface area contributed by atoms with Crippen LogP contribution in [0.15, 0.2) is 60.7 Å². The van der Waals surface area contributed by atoms with Crippen LogP contribution in [0.1, 0.15) is 32.9 Å². The zero-order chi connectivity index (χ0) is 20.6. The molecule has 0 unspecified atom stereocenters. The second kappa shape index (κ2) is 9.68. The quantitative estimate of drug-likeness (QED) is 0.621. The average Bonchev–Trinajstić information content (AvgIpc) is 3.04. The smallest absolute Gasteiger partial charge is 0.251 e. The Morgan fingerprint density at radius 1 is 0.931 bits per heavy atom. The molecule has 0 aliphatic rings. The number of carbonyl (C=O) groups excluding carboxylic acids is 2. The molecule has 1 aromatic heterocycles. The van der Waals surface area contributed by atoms with E-state index >= 15 is 0 Å². The first-order chi connectivity index (χ1) is 14.0. The summed E-state index contributed by atoms with van der Waals surface area (Å²) in [5.74, 6) is -0.466. The Bertz CT molecular complexity index is 980. The Balaban J connectivity index is 1.47. The fraction of sp³-hybridized carbons (Fsp3) is 0.261. The summed E-state index contributed by atoms with van der Waals surface area (Å²) in [5.41, 5.74) is 4.72. The molecular formula is C23H26N4O2. The van der Waals surface area contributed by atoms with Gasteiger partial charge in [-0.3, -0.25) is 14.3 Å². The lowest BCUT2D eigenvalue weighted by molar-refractivity contribution is -0.120. The van der Waals surface area contributed by atoms with Gasteiger partial charge in [-0.25, -0.2) is 0 Å². The molecule has 0 saturated heterocycles. The van der Waals surface area contributed by atoms with E-state index in [0.717, 1.165) is 28.9 Å². The van der Waals surface area contributed by atoms with E-state index in [1.165, 1.54) is 0 Å². The van der Waals surface area contributed by atoms with E-state index in [1.54, 1.807) is 6.07 Å². The van der Waals surface area contributed by atoms with Gasteiger partial charge in [0.25, 0.3) is 5.91 Å². The Hall–Kier alpha value is -3.41. The van der Waals surface area contributed by atoms with Gasteiger partial charge in [0.15, 0.2) is 0 Å². The summed E-state index contributed by atoms with van der Waals surface area (Å²) in [7, 11) is 0. The summed E-state index contributed by atoms with van der Waals surface area (Å²) >= 11 is 0. The highest BCUT2D eigenvalue weighted by Gasteiger charge is 2.09. The number of benzene rings is 2. The maximum absolute atomic E-state index is 12.4. The summed E-state index contributed by atoms with van der Waals surface area (Å²) < 4.78 is 1.91. The van der Waals surface area contributed by atoms with Crippen LogP contribution in [0.4, 0.5) is 0 Å². The molecule has 3 rings (SSSR count). The fourth-order valence-electron chi connectivity index (χ4n) is 3.13. The Labute approximate surface area is 170 Å². The number of rotatable bonds is 8. The van der Waals surface area contributed by atoms with Crippen molar-refractivity contribution in [3.05, 3.63) is 88.7 Å². The lowest BCUT2D eigenvalue weighted by Crippen LogP contribution is -2.37. The van der Waals surface area contributed by atoms with Crippen LogP contribution in [0.25, 0.3) is 0 Å². The van der Waals surface area contributed by atoms with Gasteiger partial charge in [0.1, 0.15) is 0 Å². The number of carbonyl (C=O) groups is 2. The number of aromatic nitrogens is 2.